The van der Waals surface area contributed by atoms with Crippen LogP contribution in [0.5, 0.6) is 5.75 Å². The van der Waals surface area contributed by atoms with Gasteiger partial charge in [-0.25, -0.2) is 4.39 Å². The van der Waals surface area contributed by atoms with Gasteiger partial charge in [0.25, 0.3) is 11.1 Å². The molecule has 0 atom stereocenters. The quantitative estimate of drug-likeness (QED) is 0.820. The summed E-state index contributed by atoms with van der Waals surface area (Å²) in [5.74, 6) is -0.848. The van der Waals surface area contributed by atoms with E-state index in [2.05, 4.69) is 5.32 Å². The van der Waals surface area contributed by atoms with Gasteiger partial charge in [0.15, 0.2) is 11.6 Å². The first kappa shape index (κ1) is 11.7. The molecule has 0 spiro atoms. The van der Waals surface area contributed by atoms with Gasteiger partial charge >= 0.3 is 0 Å². The van der Waals surface area contributed by atoms with Gasteiger partial charge in [-0.2, -0.15) is 0 Å². The number of amides is 2. The Hall–Kier alpha value is -1.82. The van der Waals surface area contributed by atoms with E-state index in [0.717, 1.165) is 11.8 Å². The van der Waals surface area contributed by atoms with E-state index in [1.54, 1.807) is 6.07 Å². The highest BCUT2D eigenvalue weighted by Gasteiger charge is 2.24. The van der Waals surface area contributed by atoms with Crippen molar-refractivity contribution in [3.63, 3.8) is 0 Å². The van der Waals surface area contributed by atoms with Crippen LogP contribution in [-0.2, 0) is 4.79 Å². The SMILES string of the molecule is COc1ccc(/C=C2/SC(=O)NC2=O)cc1F. The second kappa shape index (κ2) is 4.58. The molecule has 17 heavy (non-hydrogen) atoms. The first-order valence-corrected chi connectivity index (χ1v) is 5.50. The number of hydrogen-bond donors (Lipinski definition) is 1. The maximum absolute atomic E-state index is 13.4. The van der Waals surface area contributed by atoms with Crippen molar-refractivity contribution in [1.29, 1.82) is 0 Å². The molecule has 1 aliphatic heterocycles. The second-order valence-corrected chi connectivity index (χ2v) is 4.26. The van der Waals surface area contributed by atoms with E-state index in [1.807, 2.05) is 0 Å². The van der Waals surface area contributed by atoms with Crippen LogP contribution in [0.1, 0.15) is 5.56 Å². The molecule has 4 nitrogen and oxygen atoms in total. The summed E-state index contributed by atoms with van der Waals surface area (Å²) in [6, 6.07) is 4.30. The van der Waals surface area contributed by atoms with Crippen LogP contribution in [0.2, 0.25) is 0 Å². The minimum Gasteiger partial charge on any atom is -0.494 e. The fourth-order valence-corrected chi connectivity index (χ4v) is 2.03. The molecule has 0 bridgehead atoms. The van der Waals surface area contributed by atoms with E-state index < -0.39 is 17.0 Å². The summed E-state index contributed by atoms with van der Waals surface area (Å²) in [4.78, 5) is 22.4. The Labute approximate surface area is 101 Å². The van der Waals surface area contributed by atoms with E-state index in [1.165, 1.54) is 25.3 Å². The molecule has 0 saturated carbocycles. The van der Waals surface area contributed by atoms with Gasteiger partial charge in [0.05, 0.1) is 12.0 Å². The molecular formula is C11H8FNO3S. The number of benzene rings is 1. The molecule has 1 N–H and O–H groups in total. The summed E-state index contributed by atoms with van der Waals surface area (Å²) in [5, 5.41) is 1.70. The largest absolute Gasteiger partial charge is 0.494 e. The van der Waals surface area contributed by atoms with Crippen molar-refractivity contribution in [3.8, 4) is 5.75 Å². The Morgan fingerprint density at radius 3 is 2.71 bits per heavy atom. The molecule has 1 aliphatic rings. The summed E-state index contributed by atoms with van der Waals surface area (Å²) < 4.78 is 18.1. The molecule has 1 saturated heterocycles. The van der Waals surface area contributed by atoms with Gasteiger partial charge in [-0.15, -0.1) is 0 Å². The third-order valence-electron chi connectivity index (χ3n) is 2.12. The van der Waals surface area contributed by atoms with Gasteiger partial charge in [0.2, 0.25) is 0 Å². The molecule has 1 aromatic rings. The molecule has 0 aromatic heterocycles. The third-order valence-corrected chi connectivity index (χ3v) is 2.93. The summed E-state index contributed by atoms with van der Waals surface area (Å²) >= 11 is 0.792. The highest BCUT2D eigenvalue weighted by molar-refractivity contribution is 8.18. The second-order valence-electron chi connectivity index (χ2n) is 3.25. The van der Waals surface area contributed by atoms with Crippen LogP contribution >= 0.6 is 11.8 Å². The molecule has 1 aromatic carbocycles. The zero-order valence-electron chi connectivity index (χ0n) is 8.82. The van der Waals surface area contributed by atoms with Crippen LogP contribution in [0.25, 0.3) is 6.08 Å². The predicted molar refractivity (Wildman–Crippen MR) is 62.1 cm³/mol. The molecule has 6 heteroatoms. The monoisotopic (exact) mass is 253 g/mol. The van der Waals surface area contributed by atoms with E-state index in [4.69, 9.17) is 4.74 Å². The van der Waals surface area contributed by atoms with E-state index in [0.29, 0.717) is 5.56 Å². The maximum Gasteiger partial charge on any atom is 0.290 e. The molecule has 0 radical (unpaired) electrons. The Morgan fingerprint density at radius 2 is 2.18 bits per heavy atom. The van der Waals surface area contributed by atoms with Gasteiger partial charge < -0.3 is 4.74 Å². The van der Waals surface area contributed by atoms with Gasteiger partial charge in [0, 0.05) is 0 Å². The van der Waals surface area contributed by atoms with Crippen molar-refractivity contribution < 1.29 is 18.7 Å². The molecule has 0 aliphatic carbocycles. The number of halogens is 1. The number of rotatable bonds is 2. The summed E-state index contributed by atoms with van der Waals surface area (Å²) in [7, 11) is 1.37. The highest BCUT2D eigenvalue weighted by Crippen LogP contribution is 2.26. The van der Waals surface area contributed by atoms with Crippen LogP contribution in [-0.4, -0.2) is 18.3 Å². The Kier molecular flexibility index (Phi) is 3.14. The Bertz CT molecular complexity index is 527. The Morgan fingerprint density at radius 1 is 1.41 bits per heavy atom. The number of hydrogen-bond acceptors (Lipinski definition) is 4. The lowest BCUT2D eigenvalue weighted by Gasteiger charge is -2.02. The average Bonchev–Trinajstić information content (AvgIpc) is 2.58. The lowest BCUT2D eigenvalue weighted by molar-refractivity contribution is -0.115. The van der Waals surface area contributed by atoms with E-state index in [9.17, 15) is 14.0 Å². The number of thioether (sulfide) groups is 1. The number of carbonyl (C=O) groups is 2. The minimum atomic E-state index is -0.517. The van der Waals surface area contributed by atoms with Crippen molar-refractivity contribution in [1.82, 2.24) is 5.32 Å². The Balaban J connectivity index is 2.30. The minimum absolute atomic E-state index is 0.131. The van der Waals surface area contributed by atoms with E-state index >= 15 is 0 Å². The average molecular weight is 253 g/mol. The van der Waals surface area contributed by atoms with Crippen LogP contribution < -0.4 is 10.1 Å². The molecule has 88 valence electrons. The van der Waals surface area contributed by atoms with Crippen LogP contribution in [0.15, 0.2) is 23.1 Å². The predicted octanol–water partition coefficient (Wildman–Crippen LogP) is 2.16. The summed E-state index contributed by atoms with van der Waals surface area (Å²) in [5.41, 5.74) is 0.496. The van der Waals surface area contributed by atoms with E-state index in [-0.39, 0.29) is 10.7 Å². The first-order chi connectivity index (χ1) is 8.10. The lowest BCUT2D eigenvalue weighted by atomic mass is 10.2. The first-order valence-electron chi connectivity index (χ1n) is 4.68. The summed E-state index contributed by atoms with van der Waals surface area (Å²) in [6.07, 6.45) is 1.45. The van der Waals surface area contributed by atoms with Crippen LogP contribution in [0.3, 0.4) is 0 Å². The zero-order valence-corrected chi connectivity index (χ0v) is 9.64. The third kappa shape index (κ3) is 2.47. The van der Waals surface area contributed by atoms with Gasteiger partial charge in [0.1, 0.15) is 0 Å². The van der Waals surface area contributed by atoms with Crippen LogP contribution in [0.4, 0.5) is 9.18 Å². The van der Waals surface area contributed by atoms with Crippen molar-refractivity contribution >= 4 is 29.0 Å². The van der Waals surface area contributed by atoms with Crippen molar-refractivity contribution in [3.05, 3.63) is 34.5 Å². The standard InChI is InChI=1S/C11H8FNO3S/c1-16-8-3-2-6(4-7(8)12)5-9-10(14)13-11(15)17-9/h2-5H,1H3,(H,13,14,15)/b9-5+. The normalized spacial score (nSPS) is 17.4. The fourth-order valence-electron chi connectivity index (χ4n) is 1.34. The molecule has 0 unspecified atom stereocenters. The zero-order chi connectivity index (χ0) is 12.4. The fraction of sp³-hybridized carbons (Fsp3) is 0.0909. The summed E-state index contributed by atoms with van der Waals surface area (Å²) in [6.45, 7) is 0. The highest BCUT2D eigenvalue weighted by atomic mass is 32.2. The molecular weight excluding hydrogens is 245 g/mol. The maximum atomic E-state index is 13.4. The smallest absolute Gasteiger partial charge is 0.290 e. The topological polar surface area (TPSA) is 55.4 Å². The molecule has 1 fully saturated rings. The number of ether oxygens (including phenoxy) is 1. The van der Waals surface area contributed by atoms with Crippen molar-refractivity contribution in [2.75, 3.05) is 7.11 Å². The number of methoxy groups -OCH3 is 1. The van der Waals surface area contributed by atoms with Crippen molar-refractivity contribution in [2.24, 2.45) is 0 Å². The van der Waals surface area contributed by atoms with Crippen LogP contribution in [0, 0.1) is 5.82 Å². The number of carbonyl (C=O) groups excluding carboxylic acids is 2. The molecule has 2 amide bonds. The number of nitrogens with one attached hydrogen (secondary N) is 1. The van der Waals surface area contributed by atoms with Gasteiger partial charge in [-0.1, -0.05) is 6.07 Å². The van der Waals surface area contributed by atoms with Gasteiger partial charge in [-0.05, 0) is 35.5 Å². The lowest BCUT2D eigenvalue weighted by Crippen LogP contribution is -2.17. The molecule has 2 rings (SSSR count). The van der Waals surface area contributed by atoms with Crippen molar-refractivity contribution in [2.45, 2.75) is 0 Å². The number of imide groups is 1. The molecule has 1 heterocycles. The van der Waals surface area contributed by atoms with Gasteiger partial charge in [-0.3, -0.25) is 14.9 Å².